The van der Waals surface area contributed by atoms with E-state index in [0.717, 1.165) is 5.56 Å². The van der Waals surface area contributed by atoms with Crippen molar-refractivity contribution < 1.29 is 19.2 Å². The lowest BCUT2D eigenvalue weighted by atomic mass is 9.95. The number of carbonyl (C=O) groups excluding carboxylic acids is 1. The van der Waals surface area contributed by atoms with Crippen molar-refractivity contribution >= 4 is 17.7 Å². The Hall–Kier alpha value is -3.35. The molecule has 0 saturated heterocycles. The number of hydrogen-bond donors (Lipinski definition) is 1. The Morgan fingerprint density at radius 1 is 1.14 bits per heavy atom. The number of hydrogen-bond acceptors (Lipinski definition) is 5. The Labute approximate surface area is 163 Å². The first-order valence-electron chi connectivity index (χ1n) is 9.07. The second-order valence-corrected chi connectivity index (χ2v) is 6.78. The second kappa shape index (κ2) is 8.56. The number of nitrogens with one attached hydrogen (secondary N) is 1. The molecule has 1 N–H and O–H groups in total. The van der Waals surface area contributed by atoms with E-state index in [-0.39, 0.29) is 23.6 Å². The topological polar surface area (TPSA) is 90.7 Å². The van der Waals surface area contributed by atoms with E-state index in [1.807, 2.05) is 32.0 Å². The largest absolute Gasteiger partial charge is 0.486 e. The van der Waals surface area contributed by atoms with E-state index in [1.54, 1.807) is 18.2 Å². The van der Waals surface area contributed by atoms with Crippen molar-refractivity contribution in [1.29, 1.82) is 0 Å². The average Bonchev–Trinajstić information content (AvgIpc) is 2.70. The van der Waals surface area contributed by atoms with Crippen LogP contribution in [0.5, 0.6) is 11.5 Å². The zero-order valence-corrected chi connectivity index (χ0v) is 15.8. The molecule has 2 aromatic carbocycles. The fourth-order valence-electron chi connectivity index (χ4n) is 3.05. The van der Waals surface area contributed by atoms with Crippen molar-refractivity contribution in [2.75, 3.05) is 13.2 Å². The number of para-hydroxylation sites is 1. The number of fused-ring (bicyclic) bond motifs is 1. The lowest BCUT2D eigenvalue weighted by Gasteiger charge is -2.25. The van der Waals surface area contributed by atoms with Gasteiger partial charge in [-0.2, -0.15) is 0 Å². The summed E-state index contributed by atoms with van der Waals surface area (Å²) in [5.41, 5.74) is 1.24. The van der Waals surface area contributed by atoms with E-state index in [9.17, 15) is 14.9 Å². The smallest absolute Gasteiger partial charge is 0.276 e. The molecule has 1 amide bonds. The molecule has 3 rings (SSSR count). The molecule has 0 fully saturated rings. The van der Waals surface area contributed by atoms with Gasteiger partial charge in [-0.15, -0.1) is 0 Å². The van der Waals surface area contributed by atoms with Crippen LogP contribution in [-0.4, -0.2) is 24.0 Å². The number of nitro benzene ring substituents is 1. The molecule has 7 heteroatoms. The highest BCUT2D eigenvalue weighted by atomic mass is 16.6. The Morgan fingerprint density at radius 3 is 2.57 bits per heavy atom. The van der Waals surface area contributed by atoms with Crippen LogP contribution in [0.1, 0.15) is 31.0 Å². The SMILES string of the molecule is CC(C)[C@H](NC(=O)/C=C/c1ccccc1[N+](=O)[O-])c1ccc2c(c1)OCCO2. The third kappa shape index (κ3) is 4.49. The van der Waals surface area contributed by atoms with E-state index < -0.39 is 4.92 Å². The Kier molecular flexibility index (Phi) is 5.93. The van der Waals surface area contributed by atoms with Gasteiger partial charge in [0, 0.05) is 12.1 Å². The number of rotatable bonds is 6. The second-order valence-electron chi connectivity index (χ2n) is 6.78. The fraction of sp³-hybridized carbons (Fsp3) is 0.286. The summed E-state index contributed by atoms with van der Waals surface area (Å²) < 4.78 is 11.2. The number of carbonyl (C=O) groups is 1. The van der Waals surface area contributed by atoms with Gasteiger partial charge in [0.2, 0.25) is 5.91 Å². The average molecular weight is 382 g/mol. The van der Waals surface area contributed by atoms with Crippen LogP contribution in [0, 0.1) is 16.0 Å². The van der Waals surface area contributed by atoms with Gasteiger partial charge in [0.15, 0.2) is 11.5 Å². The summed E-state index contributed by atoms with van der Waals surface area (Å²) in [5, 5.41) is 14.1. The number of nitro groups is 1. The zero-order chi connectivity index (χ0) is 20.1. The van der Waals surface area contributed by atoms with E-state index in [1.165, 1.54) is 18.2 Å². The molecule has 0 radical (unpaired) electrons. The normalized spacial score (nSPS) is 14.1. The summed E-state index contributed by atoms with van der Waals surface area (Å²) in [5.74, 6) is 1.16. The van der Waals surface area contributed by atoms with Crippen LogP contribution in [0.2, 0.25) is 0 Å². The lowest BCUT2D eigenvalue weighted by molar-refractivity contribution is -0.385. The highest BCUT2D eigenvalue weighted by Gasteiger charge is 2.21. The Bertz CT molecular complexity index is 907. The molecule has 1 aliphatic heterocycles. The molecule has 0 aliphatic carbocycles. The van der Waals surface area contributed by atoms with Crippen LogP contribution in [0.25, 0.3) is 6.08 Å². The highest BCUT2D eigenvalue weighted by Crippen LogP contribution is 2.34. The predicted octanol–water partition coefficient (Wildman–Crippen LogP) is 3.89. The molecule has 28 heavy (non-hydrogen) atoms. The number of ether oxygens (including phenoxy) is 2. The Morgan fingerprint density at radius 2 is 1.86 bits per heavy atom. The number of nitrogens with zero attached hydrogens (tertiary/aromatic N) is 1. The van der Waals surface area contributed by atoms with Gasteiger partial charge < -0.3 is 14.8 Å². The van der Waals surface area contributed by atoms with Crippen molar-refractivity contribution in [1.82, 2.24) is 5.32 Å². The van der Waals surface area contributed by atoms with Crippen LogP contribution in [0.4, 0.5) is 5.69 Å². The van der Waals surface area contributed by atoms with Crippen LogP contribution in [0.3, 0.4) is 0 Å². The summed E-state index contributed by atoms with van der Waals surface area (Å²) >= 11 is 0. The molecule has 1 heterocycles. The molecular weight excluding hydrogens is 360 g/mol. The van der Waals surface area contributed by atoms with E-state index in [4.69, 9.17) is 9.47 Å². The Balaban J connectivity index is 1.76. The van der Waals surface area contributed by atoms with Gasteiger partial charge in [-0.1, -0.05) is 32.0 Å². The van der Waals surface area contributed by atoms with Gasteiger partial charge in [0.25, 0.3) is 5.69 Å². The molecule has 0 spiro atoms. The van der Waals surface area contributed by atoms with Crippen molar-refractivity contribution in [3.05, 3.63) is 69.8 Å². The van der Waals surface area contributed by atoms with Crippen LogP contribution >= 0.6 is 0 Å². The van der Waals surface area contributed by atoms with Crippen molar-refractivity contribution in [3.63, 3.8) is 0 Å². The van der Waals surface area contributed by atoms with E-state index in [2.05, 4.69) is 5.32 Å². The van der Waals surface area contributed by atoms with Crippen LogP contribution < -0.4 is 14.8 Å². The van der Waals surface area contributed by atoms with Gasteiger partial charge in [-0.05, 0) is 35.8 Å². The standard InChI is InChI=1S/C21H22N2O5/c1-14(2)21(16-7-9-18-19(13-16)28-12-11-27-18)22-20(24)10-8-15-5-3-4-6-17(15)23(25)26/h3-10,13-14,21H,11-12H2,1-2H3,(H,22,24)/b10-8+/t21-/m0/s1. The van der Waals surface area contributed by atoms with E-state index in [0.29, 0.717) is 30.3 Å². The molecule has 2 aromatic rings. The van der Waals surface area contributed by atoms with E-state index >= 15 is 0 Å². The van der Waals surface area contributed by atoms with Gasteiger partial charge in [0.1, 0.15) is 13.2 Å². The summed E-state index contributed by atoms with van der Waals surface area (Å²) in [4.78, 5) is 23.1. The first-order valence-corrected chi connectivity index (χ1v) is 9.07. The highest BCUT2D eigenvalue weighted by molar-refractivity contribution is 5.92. The maximum Gasteiger partial charge on any atom is 0.276 e. The first-order chi connectivity index (χ1) is 13.5. The van der Waals surface area contributed by atoms with Gasteiger partial charge in [-0.3, -0.25) is 14.9 Å². The van der Waals surface area contributed by atoms with Crippen molar-refractivity contribution in [2.45, 2.75) is 19.9 Å². The van der Waals surface area contributed by atoms with Crippen LogP contribution in [0.15, 0.2) is 48.5 Å². The first kappa shape index (κ1) is 19.4. The van der Waals surface area contributed by atoms with Gasteiger partial charge in [0.05, 0.1) is 16.5 Å². The maximum absolute atomic E-state index is 12.5. The summed E-state index contributed by atoms with van der Waals surface area (Å²) in [6.07, 6.45) is 2.77. The molecule has 0 aromatic heterocycles. The molecule has 0 bridgehead atoms. The molecule has 0 unspecified atom stereocenters. The molecule has 0 saturated carbocycles. The summed E-state index contributed by atoms with van der Waals surface area (Å²) in [7, 11) is 0. The molecule has 1 atom stereocenters. The van der Waals surface area contributed by atoms with Gasteiger partial charge >= 0.3 is 0 Å². The minimum atomic E-state index is -0.469. The van der Waals surface area contributed by atoms with Crippen molar-refractivity contribution in [3.8, 4) is 11.5 Å². The fourth-order valence-corrected chi connectivity index (χ4v) is 3.05. The molecule has 7 nitrogen and oxygen atoms in total. The van der Waals surface area contributed by atoms with Crippen LogP contribution in [-0.2, 0) is 4.79 Å². The van der Waals surface area contributed by atoms with Gasteiger partial charge in [-0.25, -0.2) is 0 Å². The lowest BCUT2D eigenvalue weighted by Crippen LogP contribution is -2.30. The summed E-state index contributed by atoms with van der Waals surface area (Å²) in [6.45, 7) is 5.03. The number of amides is 1. The minimum Gasteiger partial charge on any atom is -0.486 e. The van der Waals surface area contributed by atoms with Crippen molar-refractivity contribution in [2.24, 2.45) is 5.92 Å². The summed E-state index contributed by atoms with van der Waals surface area (Å²) in [6, 6.07) is 11.7. The predicted molar refractivity (Wildman–Crippen MR) is 105 cm³/mol. The molecule has 1 aliphatic rings. The maximum atomic E-state index is 12.5. The number of benzene rings is 2. The molecular formula is C21H22N2O5. The minimum absolute atomic E-state index is 0.0428. The third-order valence-electron chi connectivity index (χ3n) is 4.44. The zero-order valence-electron chi connectivity index (χ0n) is 15.8. The third-order valence-corrected chi connectivity index (χ3v) is 4.44. The quantitative estimate of drug-likeness (QED) is 0.465. The monoisotopic (exact) mass is 382 g/mol. The molecule has 146 valence electrons.